The maximum atomic E-state index is 5.19. The molecule has 0 amide bonds. The van der Waals surface area contributed by atoms with Gasteiger partial charge >= 0.3 is 0 Å². The minimum atomic E-state index is 0.915. The highest BCUT2D eigenvalue weighted by molar-refractivity contribution is 9.09. The molecule has 0 atom stereocenters. The minimum Gasteiger partial charge on any atom is -0.469 e. The first kappa shape index (κ1) is 8.60. The molecular formula is C9H11BrO. The summed E-state index contributed by atoms with van der Waals surface area (Å²) in [5.41, 5.74) is 1.33. The first-order valence-corrected chi connectivity index (χ1v) is 4.69. The predicted octanol–water partition coefficient (Wildman–Crippen LogP) is 3.16. The van der Waals surface area contributed by atoms with Crippen molar-refractivity contribution in [3.05, 3.63) is 35.8 Å². The lowest BCUT2D eigenvalue weighted by molar-refractivity contribution is 0.519. The van der Waals surface area contributed by atoms with Crippen molar-refractivity contribution in [1.82, 2.24) is 0 Å². The highest BCUT2D eigenvalue weighted by Crippen LogP contribution is 2.07. The SMILES string of the molecule is CC(=CCBr)Cc1ccco1. The van der Waals surface area contributed by atoms with Crippen molar-refractivity contribution in [2.45, 2.75) is 13.3 Å². The second-order valence-electron chi connectivity index (χ2n) is 2.46. The van der Waals surface area contributed by atoms with Gasteiger partial charge in [-0.25, -0.2) is 0 Å². The van der Waals surface area contributed by atoms with Crippen LogP contribution in [0.1, 0.15) is 12.7 Å². The van der Waals surface area contributed by atoms with Crippen molar-refractivity contribution in [2.75, 3.05) is 5.33 Å². The summed E-state index contributed by atoms with van der Waals surface area (Å²) in [6.07, 6.45) is 4.76. The average Bonchev–Trinajstić information content (AvgIpc) is 2.40. The zero-order valence-corrected chi connectivity index (χ0v) is 8.10. The molecule has 1 rings (SSSR count). The Labute approximate surface area is 75.2 Å². The van der Waals surface area contributed by atoms with Gasteiger partial charge in [-0.05, 0) is 19.1 Å². The number of furan rings is 1. The fourth-order valence-electron chi connectivity index (χ4n) is 0.892. The summed E-state index contributed by atoms with van der Waals surface area (Å²) in [6, 6.07) is 3.91. The van der Waals surface area contributed by atoms with Crippen LogP contribution in [0.15, 0.2) is 34.5 Å². The van der Waals surface area contributed by atoms with Gasteiger partial charge in [-0.3, -0.25) is 0 Å². The predicted molar refractivity (Wildman–Crippen MR) is 50.0 cm³/mol. The zero-order chi connectivity index (χ0) is 8.10. The maximum absolute atomic E-state index is 5.19. The molecule has 0 aromatic carbocycles. The Balaban J connectivity index is 2.50. The van der Waals surface area contributed by atoms with Crippen LogP contribution < -0.4 is 0 Å². The van der Waals surface area contributed by atoms with Crippen molar-refractivity contribution < 1.29 is 4.42 Å². The van der Waals surface area contributed by atoms with E-state index in [0.29, 0.717) is 0 Å². The number of halogens is 1. The molecule has 0 N–H and O–H groups in total. The van der Waals surface area contributed by atoms with E-state index in [-0.39, 0.29) is 0 Å². The molecule has 0 aliphatic carbocycles. The maximum Gasteiger partial charge on any atom is 0.107 e. The normalized spacial score (nSPS) is 12.0. The van der Waals surface area contributed by atoms with E-state index < -0.39 is 0 Å². The Morgan fingerprint density at radius 2 is 2.55 bits per heavy atom. The first-order valence-electron chi connectivity index (χ1n) is 3.57. The average molecular weight is 215 g/mol. The molecule has 1 nitrogen and oxygen atoms in total. The van der Waals surface area contributed by atoms with E-state index in [9.17, 15) is 0 Å². The third-order valence-corrected chi connectivity index (χ3v) is 1.78. The largest absolute Gasteiger partial charge is 0.469 e. The molecule has 0 aliphatic heterocycles. The Morgan fingerprint density at radius 3 is 3.09 bits per heavy atom. The standard InChI is InChI=1S/C9H11BrO/c1-8(4-5-10)7-9-3-2-6-11-9/h2-4,6H,5,7H2,1H3. The van der Waals surface area contributed by atoms with Gasteiger partial charge in [-0.1, -0.05) is 27.6 Å². The molecule has 1 aromatic heterocycles. The molecule has 0 aliphatic rings. The smallest absolute Gasteiger partial charge is 0.107 e. The van der Waals surface area contributed by atoms with Crippen LogP contribution in [0.25, 0.3) is 0 Å². The van der Waals surface area contributed by atoms with Gasteiger partial charge in [-0.2, -0.15) is 0 Å². The van der Waals surface area contributed by atoms with Gasteiger partial charge in [0.25, 0.3) is 0 Å². The van der Waals surface area contributed by atoms with Crippen LogP contribution in [0, 0.1) is 0 Å². The van der Waals surface area contributed by atoms with E-state index in [0.717, 1.165) is 17.5 Å². The summed E-state index contributed by atoms with van der Waals surface area (Å²) >= 11 is 3.35. The van der Waals surface area contributed by atoms with Gasteiger partial charge in [0.1, 0.15) is 5.76 Å². The third-order valence-electron chi connectivity index (χ3n) is 1.46. The van der Waals surface area contributed by atoms with E-state index >= 15 is 0 Å². The molecule has 11 heavy (non-hydrogen) atoms. The Kier molecular flexibility index (Phi) is 3.43. The second-order valence-corrected chi connectivity index (χ2v) is 3.11. The quantitative estimate of drug-likeness (QED) is 0.557. The van der Waals surface area contributed by atoms with Gasteiger partial charge < -0.3 is 4.42 Å². The van der Waals surface area contributed by atoms with Crippen molar-refractivity contribution in [3.8, 4) is 0 Å². The molecule has 2 heteroatoms. The van der Waals surface area contributed by atoms with E-state index in [1.54, 1.807) is 6.26 Å². The number of alkyl halides is 1. The van der Waals surface area contributed by atoms with Gasteiger partial charge in [0.2, 0.25) is 0 Å². The summed E-state index contributed by atoms with van der Waals surface area (Å²) in [5, 5.41) is 0.916. The van der Waals surface area contributed by atoms with Gasteiger partial charge in [0.15, 0.2) is 0 Å². The molecule has 1 heterocycles. The van der Waals surface area contributed by atoms with Crippen LogP contribution in [0.3, 0.4) is 0 Å². The lowest BCUT2D eigenvalue weighted by atomic mass is 10.2. The third kappa shape index (κ3) is 2.93. The van der Waals surface area contributed by atoms with Gasteiger partial charge in [-0.15, -0.1) is 0 Å². The van der Waals surface area contributed by atoms with E-state index in [1.165, 1.54) is 5.57 Å². The van der Waals surface area contributed by atoms with Crippen LogP contribution >= 0.6 is 15.9 Å². The van der Waals surface area contributed by atoms with Crippen molar-refractivity contribution in [2.24, 2.45) is 0 Å². The first-order chi connectivity index (χ1) is 5.33. The zero-order valence-electron chi connectivity index (χ0n) is 6.51. The lowest BCUT2D eigenvalue weighted by Crippen LogP contribution is -1.83. The van der Waals surface area contributed by atoms with Crippen molar-refractivity contribution >= 4 is 15.9 Å². The monoisotopic (exact) mass is 214 g/mol. The van der Waals surface area contributed by atoms with Crippen LogP contribution in [0.4, 0.5) is 0 Å². The van der Waals surface area contributed by atoms with Gasteiger partial charge in [0, 0.05) is 11.8 Å². The van der Waals surface area contributed by atoms with Crippen LogP contribution in [0.5, 0.6) is 0 Å². The van der Waals surface area contributed by atoms with Crippen LogP contribution in [-0.4, -0.2) is 5.33 Å². The summed E-state index contributed by atoms with van der Waals surface area (Å²) in [4.78, 5) is 0. The molecule has 0 spiro atoms. The minimum absolute atomic E-state index is 0.915. The number of hydrogen-bond acceptors (Lipinski definition) is 1. The van der Waals surface area contributed by atoms with Gasteiger partial charge in [0.05, 0.1) is 6.26 Å². The van der Waals surface area contributed by atoms with Crippen LogP contribution in [-0.2, 0) is 6.42 Å². The van der Waals surface area contributed by atoms with E-state index in [1.807, 2.05) is 12.1 Å². The van der Waals surface area contributed by atoms with Crippen LogP contribution in [0.2, 0.25) is 0 Å². The Bertz CT molecular complexity index is 224. The Hall–Kier alpha value is -0.500. The fourth-order valence-corrected chi connectivity index (χ4v) is 1.44. The molecular weight excluding hydrogens is 204 g/mol. The molecule has 1 aromatic rings. The lowest BCUT2D eigenvalue weighted by Gasteiger charge is -1.95. The molecule has 0 bridgehead atoms. The molecule has 0 unspecified atom stereocenters. The molecule has 0 saturated heterocycles. The number of allylic oxidation sites excluding steroid dienone is 2. The molecule has 0 fully saturated rings. The topological polar surface area (TPSA) is 13.1 Å². The van der Waals surface area contributed by atoms with Crippen molar-refractivity contribution in [3.63, 3.8) is 0 Å². The van der Waals surface area contributed by atoms with Crippen molar-refractivity contribution in [1.29, 1.82) is 0 Å². The molecule has 0 saturated carbocycles. The summed E-state index contributed by atoms with van der Waals surface area (Å²) in [6.45, 7) is 2.10. The fraction of sp³-hybridized carbons (Fsp3) is 0.333. The molecule has 60 valence electrons. The van der Waals surface area contributed by atoms with E-state index in [4.69, 9.17) is 4.42 Å². The second kappa shape index (κ2) is 4.39. The highest BCUT2D eigenvalue weighted by Gasteiger charge is 1.95. The summed E-state index contributed by atoms with van der Waals surface area (Å²) in [5.74, 6) is 1.03. The van der Waals surface area contributed by atoms with E-state index in [2.05, 4.69) is 28.9 Å². The summed E-state index contributed by atoms with van der Waals surface area (Å²) in [7, 11) is 0. The highest BCUT2D eigenvalue weighted by atomic mass is 79.9. The number of rotatable bonds is 3. The molecule has 0 radical (unpaired) electrons. The summed E-state index contributed by atoms with van der Waals surface area (Å²) < 4.78 is 5.19. The Morgan fingerprint density at radius 1 is 1.73 bits per heavy atom. The number of hydrogen-bond donors (Lipinski definition) is 0.